The van der Waals surface area contributed by atoms with Crippen LogP contribution in [0.2, 0.25) is 0 Å². The van der Waals surface area contributed by atoms with Crippen molar-refractivity contribution in [3.05, 3.63) is 16.1 Å². The predicted octanol–water partition coefficient (Wildman–Crippen LogP) is 0.434. The number of hydrogen-bond acceptors (Lipinski definition) is 5. The van der Waals surface area contributed by atoms with Crippen LogP contribution in [0.5, 0.6) is 0 Å². The number of carbonyl (C=O) groups is 3. The van der Waals surface area contributed by atoms with E-state index in [2.05, 4.69) is 15.6 Å². The van der Waals surface area contributed by atoms with Crippen LogP contribution in [0, 0.1) is 0 Å². The molecule has 0 saturated carbocycles. The van der Waals surface area contributed by atoms with Gasteiger partial charge in [0.1, 0.15) is 11.6 Å². The Bertz CT molecular complexity index is 559. The molecule has 0 spiro atoms. The molecule has 1 aromatic heterocycles. The molecular weight excluding hydrogens is 296 g/mol. The van der Waals surface area contributed by atoms with Crippen LogP contribution in [-0.2, 0) is 4.79 Å². The highest BCUT2D eigenvalue weighted by Crippen LogP contribution is 2.18. The summed E-state index contributed by atoms with van der Waals surface area (Å²) >= 11 is 1.17. The molecule has 21 heavy (non-hydrogen) atoms. The van der Waals surface area contributed by atoms with Gasteiger partial charge in [-0.25, -0.2) is 14.6 Å². The van der Waals surface area contributed by atoms with Gasteiger partial charge in [-0.1, -0.05) is 0 Å². The van der Waals surface area contributed by atoms with E-state index >= 15 is 0 Å². The maximum Gasteiger partial charge on any atom is 0.355 e. The number of carboxylic acid groups (broad SMARTS) is 1. The molecule has 1 atom stereocenters. The van der Waals surface area contributed by atoms with Gasteiger partial charge in [0, 0.05) is 18.5 Å². The Morgan fingerprint density at radius 1 is 1.57 bits per heavy atom. The molecule has 0 aromatic carbocycles. The van der Waals surface area contributed by atoms with Gasteiger partial charge in [-0.2, -0.15) is 0 Å². The summed E-state index contributed by atoms with van der Waals surface area (Å²) in [5.41, 5.74) is -0.0368. The van der Waals surface area contributed by atoms with Gasteiger partial charge in [0.25, 0.3) is 0 Å². The summed E-state index contributed by atoms with van der Waals surface area (Å²) in [4.78, 5) is 39.7. The van der Waals surface area contributed by atoms with Crippen LogP contribution >= 0.6 is 11.3 Å². The lowest BCUT2D eigenvalue weighted by atomic mass is 10.3. The SMILES string of the molecule is CC(NC(=O)N1CCCNC(=O)C1)c1nc(C(=O)O)cs1. The van der Waals surface area contributed by atoms with Crippen LogP contribution in [0.4, 0.5) is 4.79 Å². The number of nitrogens with one attached hydrogen (secondary N) is 2. The maximum atomic E-state index is 12.1. The van der Waals surface area contributed by atoms with Crippen LogP contribution in [0.1, 0.15) is 34.9 Å². The quantitative estimate of drug-likeness (QED) is 0.749. The smallest absolute Gasteiger partial charge is 0.355 e. The zero-order valence-corrected chi connectivity index (χ0v) is 12.3. The molecule has 3 N–H and O–H groups in total. The zero-order valence-electron chi connectivity index (χ0n) is 11.5. The van der Waals surface area contributed by atoms with Crippen LogP contribution < -0.4 is 10.6 Å². The molecule has 3 amide bonds. The molecular formula is C12H16N4O4S. The number of rotatable bonds is 3. The molecule has 8 nitrogen and oxygen atoms in total. The monoisotopic (exact) mass is 312 g/mol. The van der Waals surface area contributed by atoms with Gasteiger partial charge in [0.2, 0.25) is 5.91 Å². The summed E-state index contributed by atoms with van der Waals surface area (Å²) in [5.74, 6) is -1.28. The number of urea groups is 1. The fourth-order valence-corrected chi connectivity index (χ4v) is 2.70. The molecule has 114 valence electrons. The maximum absolute atomic E-state index is 12.1. The van der Waals surface area contributed by atoms with E-state index < -0.39 is 12.0 Å². The second-order valence-electron chi connectivity index (χ2n) is 4.67. The van der Waals surface area contributed by atoms with Gasteiger partial charge in [0.05, 0.1) is 6.04 Å². The second kappa shape index (κ2) is 6.53. The predicted molar refractivity (Wildman–Crippen MR) is 75.2 cm³/mol. The molecule has 0 radical (unpaired) electrons. The molecule has 0 aliphatic carbocycles. The van der Waals surface area contributed by atoms with Crippen LogP contribution in [0.15, 0.2) is 5.38 Å². The Hall–Kier alpha value is -2.16. The Labute approximate surface area is 125 Å². The average molecular weight is 312 g/mol. The van der Waals surface area contributed by atoms with E-state index in [0.717, 1.165) is 0 Å². The Morgan fingerprint density at radius 3 is 3.00 bits per heavy atom. The summed E-state index contributed by atoms with van der Waals surface area (Å²) in [6, 6.07) is -0.770. The van der Waals surface area contributed by atoms with Gasteiger partial charge in [-0.3, -0.25) is 4.79 Å². The van der Waals surface area contributed by atoms with Gasteiger partial charge >= 0.3 is 12.0 Å². The van der Waals surface area contributed by atoms with Crippen molar-refractivity contribution >= 4 is 29.2 Å². The first-order chi connectivity index (χ1) is 9.97. The molecule has 1 aromatic rings. The van der Waals surface area contributed by atoms with Gasteiger partial charge in [-0.05, 0) is 13.3 Å². The lowest BCUT2D eigenvalue weighted by Gasteiger charge is -2.21. The van der Waals surface area contributed by atoms with Crippen LogP contribution in [0.25, 0.3) is 0 Å². The lowest BCUT2D eigenvalue weighted by molar-refractivity contribution is -0.121. The van der Waals surface area contributed by atoms with Crippen molar-refractivity contribution in [1.29, 1.82) is 0 Å². The van der Waals surface area contributed by atoms with Crippen molar-refractivity contribution in [2.45, 2.75) is 19.4 Å². The topological polar surface area (TPSA) is 112 Å². The zero-order chi connectivity index (χ0) is 15.4. The van der Waals surface area contributed by atoms with Crippen molar-refractivity contribution in [2.75, 3.05) is 19.6 Å². The molecule has 1 aliphatic rings. The van der Waals surface area contributed by atoms with Crippen LogP contribution in [-0.4, -0.2) is 52.5 Å². The normalized spacial score (nSPS) is 16.8. The fraction of sp³-hybridized carbons (Fsp3) is 0.500. The number of thiazole rings is 1. The van der Waals surface area contributed by atoms with E-state index in [9.17, 15) is 14.4 Å². The van der Waals surface area contributed by atoms with E-state index in [1.54, 1.807) is 6.92 Å². The summed E-state index contributed by atoms with van der Waals surface area (Å²) in [6.07, 6.45) is 0.702. The van der Waals surface area contributed by atoms with Crippen molar-refractivity contribution < 1.29 is 19.5 Å². The Kier molecular flexibility index (Phi) is 4.73. The molecule has 0 bridgehead atoms. The number of aromatic nitrogens is 1. The molecule has 2 heterocycles. The molecule has 9 heteroatoms. The molecule has 1 fully saturated rings. The minimum absolute atomic E-state index is 0.0246. The summed E-state index contributed by atoms with van der Waals surface area (Å²) < 4.78 is 0. The van der Waals surface area contributed by atoms with Crippen LogP contribution in [0.3, 0.4) is 0 Å². The summed E-state index contributed by atoms with van der Waals surface area (Å²) in [6.45, 7) is 2.80. The van der Waals surface area contributed by atoms with Crippen molar-refractivity contribution in [3.8, 4) is 0 Å². The molecule has 1 aliphatic heterocycles. The summed E-state index contributed by atoms with van der Waals surface area (Å²) in [5, 5.41) is 16.2. The highest BCUT2D eigenvalue weighted by atomic mass is 32.1. The second-order valence-corrected chi connectivity index (χ2v) is 5.56. The standard InChI is InChI=1S/C12H16N4O4S/c1-7(10-15-8(6-21-10)11(18)19)14-12(20)16-4-2-3-13-9(17)5-16/h6-7H,2-5H2,1H3,(H,13,17)(H,14,20)(H,18,19). The van der Waals surface area contributed by atoms with Crippen molar-refractivity contribution in [3.63, 3.8) is 0 Å². The number of nitrogens with zero attached hydrogens (tertiary/aromatic N) is 2. The minimum atomic E-state index is -1.10. The van der Waals surface area contributed by atoms with Crippen molar-refractivity contribution in [1.82, 2.24) is 20.5 Å². The Morgan fingerprint density at radius 2 is 2.33 bits per heavy atom. The lowest BCUT2D eigenvalue weighted by Crippen LogP contribution is -2.44. The minimum Gasteiger partial charge on any atom is -0.476 e. The van der Waals surface area contributed by atoms with Gasteiger partial charge in [-0.15, -0.1) is 11.3 Å². The van der Waals surface area contributed by atoms with Gasteiger partial charge in [0.15, 0.2) is 5.69 Å². The average Bonchev–Trinajstić information content (AvgIpc) is 2.82. The first-order valence-electron chi connectivity index (χ1n) is 6.48. The van der Waals surface area contributed by atoms with E-state index in [1.165, 1.54) is 21.6 Å². The number of hydrogen-bond donors (Lipinski definition) is 3. The van der Waals surface area contributed by atoms with Crippen molar-refractivity contribution in [2.24, 2.45) is 0 Å². The fourth-order valence-electron chi connectivity index (χ4n) is 1.90. The van der Waals surface area contributed by atoms with E-state index in [-0.39, 0.29) is 24.2 Å². The molecule has 2 rings (SSSR count). The molecule has 1 unspecified atom stereocenters. The van der Waals surface area contributed by atoms with Gasteiger partial charge < -0.3 is 20.6 Å². The number of carbonyl (C=O) groups excluding carboxylic acids is 2. The first-order valence-corrected chi connectivity index (χ1v) is 7.36. The third-order valence-electron chi connectivity index (χ3n) is 3.00. The van der Waals surface area contributed by atoms with E-state index in [4.69, 9.17) is 5.11 Å². The van der Waals surface area contributed by atoms with E-state index in [0.29, 0.717) is 24.5 Å². The first kappa shape index (κ1) is 15.2. The largest absolute Gasteiger partial charge is 0.476 e. The highest BCUT2D eigenvalue weighted by Gasteiger charge is 2.22. The summed E-state index contributed by atoms with van der Waals surface area (Å²) in [7, 11) is 0. The third-order valence-corrected chi connectivity index (χ3v) is 4.03. The Balaban J connectivity index is 1.97. The number of aromatic carboxylic acids is 1. The number of carboxylic acids is 1. The third kappa shape index (κ3) is 3.91. The molecule has 1 saturated heterocycles. The van der Waals surface area contributed by atoms with E-state index in [1.807, 2.05) is 0 Å². The highest BCUT2D eigenvalue weighted by molar-refractivity contribution is 7.09. The number of amides is 3.